The van der Waals surface area contributed by atoms with Crippen LogP contribution in [0.15, 0.2) is 17.3 Å². The Morgan fingerprint density at radius 1 is 1.42 bits per heavy atom. The van der Waals surface area contributed by atoms with Gasteiger partial charge in [0.2, 0.25) is 5.91 Å². The molecular weight excluding hydrogens is 304 g/mol. The lowest BCUT2D eigenvalue weighted by Crippen LogP contribution is -2.43. The van der Waals surface area contributed by atoms with E-state index in [0.717, 1.165) is 29.7 Å². The number of carbonyl (C=O) groups is 1. The van der Waals surface area contributed by atoms with Gasteiger partial charge in [-0.2, -0.15) is 0 Å². The molecule has 1 aromatic carbocycles. The first-order chi connectivity index (χ1) is 11.4. The van der Waals surface area contributed by atoms with Gasteiger partial charge in [0.1, 0.15) is 0 Å². The number of nitrogens with zero attached hydrogens (tertiary/aromatic N) is 2. The Balaban J connectivity index is 2.57. The lowest BCUT2D eigenvalue weighted by molar-refractivity contribution is -0.120. The van der Waals surface area contributed by atoms with Crippen molar-refractivity contribution in [3.63, 3.8) is 0 Å². The molecule has 1 aliphatic rings. The fraction of sp³-hybridized carbons (Fsp3) is 0.579. The Kier molecular flexibility index (Phi) is 5.65. The average Bonchev–Trinajstić information content (AvgIpc) is 2.55. The summed E-state index contributed by atoms with van der Waals surface area (Å²) in [4.78, 5) is 14.5. The van der Waals surface area contributed by atoms with Crippen molar-refractivity contribution in [2.75, 3.05) is 25.2 Å². The van der Waals surface area contributed by atoms with Crippen molar-refractivity contribution in [1.29, 1.82) is 0 Å². The van der Waals surface area contributed by atoms with Gasteiger partial charge in [0, 0.05) is 43.3 Å². The Bertz CT molecular complexity index is 650. The maximum Gasteiger partial charge on any atom is 0.227 e. The summed E-state index contributed by atoms with van der Waals surface area (Å²) in [5.74, 6) is 0.136. The number of aryl methyl sites for hydroxylation is 1. The lowest BCUT2D eigenvalue weighted by Gasteiger charge is -2.39. The molecule has 5 heteroatoms. The molecule has 1 N–H and O–H groups in total. The molecule has 0 saturated carbocycles. The van der Waals surface area contributed by atoms with Crippen LogP contribution in [-0.2, 0) is 21.4 Å². The first-order valence-corrected chi connectivity index (χ1v) is 8.51. The summed E-state index contributed by atoms with van der Waals surface area (Å²) in [6.45, 7) is 9.36. The number of anilines is 1. The van der Waals surface area contributed by atoms with E-state index in [2.05, 4.69) is 32.0 Å². The van der Waals surface area contributed by atoms with E-state index in [1.165, 1.54) is 5.56 Å². The molecule has 0 aliphatic carbocycles. The molecule has 0 fully saturated rings. The SMILES string of the molecule is CCc1cc2c(cc1/C(C)=N/O)N(CCCOC)C(=O)CC2(C)C. The molecule has 132 valence electrons. The Labute approximate surface area is 144 Å². The molecule has 0 unspecified atom stereocenters. The van der Waals surface area contributed by atoms with Crippen LogP contribution in [0, 0.1) is 0 Å². The van der Waals surface area contributed by atoms with Crippen molar-refractivity contribution < 1.29 is 14.7 Å². The molecule has 1 amide bonds. The second kappa shape index (κ2) is 7.34. The van der Waals surface area contributed by atoms with Crippen molar-refractivity contribution in [2.24, 2.45) is 5.16 Å². The zero-order chi connectivity index (χ0) is 17.9. The zero-order valence-electron chi connectivity index (χ0n) is 15.3. The third kappa shape index (κ3) is 3.46. The van der Waals surface area contributed by atoms with E-state index in [9.17, 15) is 10.0 Å². The number of hydrogen-bond donors (Lipinski definition) is 1. The summed E-state index contributed by atoms with van der Waals surface area (Å²) in [6.07, 6.45) is 2.14. The molecule has 24 heavy (non-hydrogen) atoms. The van der Waals surface area contributed by atoms with Gasteiger partial charge in [-0.3, -0.25) is 4.79 Å². The van der Waals surface area contributed by atoms with Crippen molar-refractivity contribution in [3.05, 3.63) is 28.8 Å². The molecule has 1 aromatic rings. The maximum absolute atomic E-state index is 12.7. The fourth-order valence-corrected chi connectivity index (χ4v) is 3.40. The number of carbonyl (C=O) groups excluding carboxylic acids is 1. The summed E-state index contributed by atoms with van der Waals surface area (Å²) in [5, 5.41) is 12.6. The molecule has 0 aromatic heterocycles. The van der Waals surface area contributed by atoms with Gasteiger partial charge < -0.3 is 14.8 Å². The third-order valence-corrected chi connectivity index (χ3v) is 4.79. The van der Waals surface area contributed by atoms with Crippen LogP contribution >= 0.6 is 0 Å². The highest BCUT2D eigenvalue weighted by molar-refractivity contribution is 6.04. The topological polar surface area (TPSA) is 62.1 Å². The van der Waals surface area contributed by atoms with Crippen molar-refractivity contribution in [3.8, 4) is 0 Å². The number of oxime groups is 1. The minimum atomic E-state index is -0.198. The second-order valence-electron chi connectivity index (χ2n) is 7.02. The highest BCUT2D eigenvalue weighted by Gasteiger charge is 2.37. The summed E-state index contributed by atoms with van der Waals surface area (Å²) >= 11 is 0. The predicted octanol–water partition coefficient (Wildman–Crippen LogP) is 3.50. The quantitative estimate of drug-likeness (QED) is 0.375. The maximum atomic E-state index is 12.7. The molecule has 1 heterocycles. The van der Waals surface area contributed by atoms with Gasteiger partial charge >= 0.3 is 0 Å². The van der Waals surface area contributed by atoms with E-state index in [1.54, 1.807) is 14.0 Å². The smallest absolute Gasteiger partial charge is 0.227 e. The van der Waals surface area contributed by atoms with Crippen LogP contribution in [0.5, 0.6) is 0 Å². The second-order valence-corrected chi connectivity index (χ2v) is 7.02. The average molecular weight is 332 g/mol. The first-order valence-electron chi connectivity index (χ1n) is 8.51. The van der Waals surface area contributed by atoms with Gasteiger partial charge in [0.25, 0.3) is 0 Å². The van der Waals surface area contributed by atoms with E-state index in [4.69, 9.17) is 4.74 Å². The number of hydrogen-bond acceptors (Lipinski definition) is 4. The molecule has 5 nitrogen and oxygen atoms in total. The minimum absolute atomic E-state index is 0.136. The molecule has 0 saturated heterocycles. The monoisotopic (exact) mass is 332 g/mol. The zero-order valence-corrected chi connectivity index (χ0v) is 15.3. The number of fused-ring (bicyclic) bond motifs is 1. The largest absolute Gasteiger partial charge is 0.411 e. The van der Waals surface area contributed by atoms with Crippen LogP contribution in [0.25, 0.3) is 0 Å². The van der Waals surface area contributed by atoms with Crippen LogP contribution in [0.2, 0.25) is 0 Å². The highest BCUT2D eigenvalue weighted by Crippen LogP contribution is 2.42. The van der Waals surface area contributed by atoms with E-state index < -0.39 is 0 Å². The molecule has 1 aliphatic heterocycles. The summed E-state index contributed by atoms with van der Waals surface area (Å²) < 4.78 is 5.12. The summed E-state index contributed by atoms with van der Waals surface area (Å²) in [6, 6.07) is 4.18. The normalized spacial score (nSPS) is 17.1. The molecule has 0 spiro atoms. The number of benzene rings is 1. The van der Waals surface area contributed by atoms with E-state index in [0.29, 0.717) is 25.3 Å². The predicted molar refractivity (Wildman–Crippen MR) is 96.3 cm³/mol. The number of methoxy groups -OCH3 is 1. The Hall–Kier alpha value is -1.88. The molecule has 2 rings (SSSR count). The van der Waals surface area contributed by atoms with Gasteiger partial charge in [-0.05, 0) is 37.0 Å². The standard InChI is InChI=1S/C19H28N2O3/c1-6-14-10-16-17(11-15(14)13(2)20-23)21(8-7-9-24-5)18(22)12-19(16,3)4/h10-11,23H,6-9,12H2,1-5H3/b20-13+. The number of rotatable bonds is 6. The lowest BCUT2D eigenvalue weighted by atomic mass is 9.75. The number of ether oxygens (including phenoxy) is 1. The molecule has 0 radical (unpaired) electrons. The first kappa shape index (κ1) is 18.5. The molecular formula is C19H28N2O3. The van der Waals surface area contributed by atoms with Crippen molar-refractivity contribution >= 4 is 17.3 Å². The van der Waals surface area contributed by atoms with Crippen LogP contribution in [0.1, 0.15) is 57.2 Å². The van der Waals surface area contributed by atoms with Crippen LogP contribution in [0.3, 0.4) is 0 Å². The fourth-order valence-electron chi connectivity index (χ4n) is 3.40. The van der Waals surface area contributed by atoms with Gasteiger partial charge in [0.05, 0.1) is 5.71 Å². The summed E-state index contributed by atoms with van der Waals surface area (Å²) in [5.41, 5.74) is 4.54. The molecule has 0 atom stereocenters. The Morgan fingerprint density at radius 2 is 2.12 bits per heavy atom. The Morgan fingerprint density at radius 3 is 2.71 bits per heavy atom. The minimum Gasteiger partial charge on any atom is -0.411 e. The van der Waals surface area contributed by atoms with Crippen LogP contribution in [-0.4, -0.2) is 37.1 Å². The van der Waals surface area contributed by atoms with E-state index in [-0.39, 0.29) is 11.3 Å². The van der Waals surface area contributed by atoms with E-state index >= 15 is 0 Å². The van der Waals surface area contributed by atoms with Crippen LogP contribution in [0.4, 0.5) is 5.69 Å². The highest BCUT2D eigenvalue weighted by atomic mass is 16.5. The van der Waals surface area contributed by atoms with Crippen molar-refractivity contribution in [1.82, 2.24) is 0 Å². The third-order valence-electron chi connectivity index (χ3n) is 4.79. The van der Waals surface area contributed by atoms with Gasteiger partial charge in [0.15, 0.2) is 0 Å². The molecule has 0 bridgehead atoms. The van der Waals surface area contributed by atoms with Crippen molar-refractivity contribution in [2.45, 2.75) is 52.4 Å². The van der Waals surface area contributed by atoms with Gasteiger partial charge in [-0.1, -0.05) is 32.0 Å². The van der Waals surface area contributed by atoms with Gasteiger partial charge in [-0.25, -0.2) is 0 Å². The summed E-state index contributed by atoms with van der Waals surface area (Å²) in [7, 11) is 1.67. The number of amides is 1. The van der Waals surface area contributed by atoms with Gasteiger partial charge in [-0.15, -0.1) is 0 Å². The van der Waals surface area contributed by atoms with E-state index in [1.807, 2.05) is 11.0 Å². The van der Waals surface area contributed by atoms with Crippen LogP contribution < -0.4 is 4.90 Å².